The molecule has 0 unspecified atom stereocenters. The topological polar surface area (TPSA) is 96.0 Å². The Morgan fingerprint density at radius 3 is 2.20 bits per heavy atom. The van der Waals surface area contributed by atoms with Gasteiger partial charge in [0.25, 0.3) is 0 Å². The molecule has 0 fully saturated rings. The van der Waals surface area contributed by atoms with Gasteiger partial charge in [0.2, 0.25) is 21.8 Å². The molecule has 214 valence electrons. The van der Waals surface area contributed by atoms with Crippen molar-refractivity contribution in [3.8, 4) is 5.75 Å². The number of halogens is 1. The number of carbonyl (C=O) groups is 2. The monoisotopic (exact) mass is 585 g/mol. The fourth-order valence-electron chi connectivity index (χ4n) is 4.28. The van der Waals surface area contributed by atoms with Gasteiger partial charge in [-0.2, -0.15) is 0 Å². The van der Waals surface area contributed by atoms with Crippen LogP contribution in [0.3, 0.4) is 0 Å². The summed E-state index contributed by atoms with van der Waals surface area (Å²) in [6.45, 7) is 5.21. The first-order valence-electron chi connectivity index (χ1n) is 12.9. The van der Waals surface area contributed by atoms with Crippen molar-refractivity contribution in [1.29, 1.82) is 0 Å². The van der Waals surface area contributed by atoms with E-state index in [1.54, 1.807) is 12.1 Å². The zero-order valence-electron chi connectivity index (χ0n) is 23.4. The molecule has 3 aromatic carbocycles. The zero-order chi connectivity index (χ0) is 29.4. The van der Waals surface area contributed by atoms with Crippen molar-refractivity contribution in [1.82, 2.24) is 10.2 Å². The lowest BCUT2D eigenvalue weighted by molar-refractivity contribution is -0.140. The van der Waals surface area contributed by atoms with Gasteiger partial charge in [0.1, 0.15) is 18.3 Å². The highest BCUT2D eigenvalue weighted by Gasteiger charge is 2.34. The van der Waals surface area contributed by atoms with Gasteiger partial charge in [-0.05, 0) is 50.1 Å². The number of rotatable bonds is 12. The highest BCUT2D eigenvalue weighted by molar-refractivity contribution is 7.92. The summed E-state index contributed by atoms with van der Waals surface area (Å²) < 4.78 is 32.3. The molecule has 3 aromatic rings. The molecule has 1 atom stereocenters. The van der Waals surface area contributed by atoms with Crippen LogP contribution in [0.1, 0.15) is 30.5 Å². The third kappa shape index (κ3) is 8.47. The second-order valence-corrected chi connectivity index (χ2v) is 12.3. The van der Waals surface area contributed by atoms with Gasteiger partial charge in [-0.1, -0.05) is 71.8 Å². The summed E-state index contributed by atoms with van der Waals surface area (Å²) in [7, 11) is -2.54. The number of amides is 2. The van der Waals surface area contributed by atoms with Crippen LogP contribution in [0.15, 0.2) is 72.8 Å². The molecule has 0 heterocycles. The Labute approximate surface area is 241 Å². The zero-order valence-corrected chi connectivity index (χ0v) is 25.0. The molecule has 0 bridgehead atoms. The van der Waals surface area contributed by atoms with Crippen molar-refractivity contribution in [2.45, 2.75) is 45.8 Å². The minimum absolute atomic E-state index is 0.104. The van der Waals surface area contributed by atoms with Crippen LogP contribution in [0.2, 0.25) is 5.02 Å². The Balaban J connectivity index is 2.09. The van der Waals surface area contributed by atoms with Gasteiger partial charge in [0, 0.05) is 24.0 Å². The molecule has 0 aromatic heterocycles. The number of hydrogen-bond donors (Lipinski definition) is 1. The maximum absolute atomic E-state index is 14.1. The Kier molecular flexibility index (Phi) is 10.6. The second-order valence-electron chi connectivity index (χ2n) is 9.96. The second kappa shape index (κ2) is 13.7. The van der Waals surface area contributed by atoms with Crippen LogP contribution >= 0.6 is 11.6 Å². The first-order valence-corrected chi connectivity index (χ1v) is 15.1. The number of benzene rings is 3. The molecule has 2 amide bonds. The minimum atomic E-state index is -3.95. The molecule has 0 saturated heterocycles. The van der Waals surface area contributed by atoms with E-state index in [0.29, 0.717) is 0 Å². The Morgan fingerprint density at radius 1 is 0.975 bits per heavy atom. The largest absolute Gasteiger partial charge is 0.495 e. The van der Waals surface area contributed by atoms with Crippen LogP contribution < -0.4 is 14.4 Å². The third-order valence-corrected chi connectivity index (χ3v) is 7.63. The van der Waals surface area contributed by atoms with Crippen LogP contribution in [0.4, 0.5) is 5.69 Å². The molecule has 0 aliphatic carbocycles. The molecular weight excluding hydrogens is 550 g/mol. The predicted octanol–water partition coefficient (Wildman–Crippen LogP) is 4.59. The normalized spacial score (nSPS) is 12.1. The maximum Gasteiger partial charge on any atom is 0.244 e. The number of aryl methyl sites for hydroxylation is 1. The van der Waals surface area contributed by atoms with Crippen LogP contribution in [-0.4, -0.2) is 57.1 Å². The van der Waals surface area contributed by atoms with E-state index < -0.39 is 28.5 Å². The summed E-state index contributed by atoms with van der Waals surface area (Å²) >= 11 is 6.19. The molecule has 0 saturated carbocycles. The molecule has 3 rings (SSSR count). The summed E-state index contributed by atoms with van der Waals surface area (Å²) in [5.41, 5.74) is 2.86. The highest BCUT2D eigenvalue weighted by atomic mass is 35.5. The van der Waals surface area contributed by atoms with Crippen LogP contribution in [0, 0.1) is 6.92 Å². The third-order valence-electron chi connectivity index (χ3n) is 6.26. The number of methoxy groups -OCH3 is 1. The van der Waals surface area contributed by atoms with Crippen LogP contribution in [0.5, 0.6) is 5.75 Å². The van der Waals surface area contributed by atoms with E-state index in [0.717, 1.165) is 27.3 Å². The predicted molar refractivity (Wildman–Crippen MR) is 159 cm³/mol. The van der Waals surface area contributed by atoms with Gasteiger partial charge in [-0.25, -0.2) is 8.42 Å². The van der Waals surface area contributed by atoms with E-state index in [1.165, 1.54) is 18.1 Å². The summed E-state index contributed by atoms with van der Waals surface area (Å²) in [4.78, 5) is 29.1. The summed E-state index contributed by atoms with van der Waals surface area (Å²) in [5.74, 6) is -0.635. The van der Waals surface area contributed by atoms with Gasteiger partial charge in [0.15, 0.2) is 0 Å². The van der Waals surface area contributed by atoms with Gasteiger partial charge >= 0.3 is 0 Å². The summed E-state index contributed by atoms with van der Waals surface area (Å²) in [6.07, 6.45) is 1.26. The van der Waals surface area contributed by atoms with Crippen molar-refractivity contribution in [2.24, 2.45) is 0 Å². The molecule has 0 aliphatic rings. The van der Waals surface area contributed by atoms with E-state index in [4.69, 9.17) is 16.3 Å². The van der Waals surface area contributed by atoms with Gasteiger partial charge in [0.05, 0.1) is 19.1 Å². The maximum atomic E-state index is 14.1. The number of carbonyl (C=O) groups excluding carboxylic acids is 2. The van der Waals surface area contributed by atoms with Crippen molar-refractivity contribution in [3.63, 3.8) is 0 Å². The first-order chi connectivity index (χ1) is 18.9. The number of sulfonamides is 1. The smallest absolute Gasteiger partial charge is 0.244 e. The minimum Gasteiger partial charge on any atom is -0.495 e. The summed E-state index contributed by atoms with van der Waals surface area (Å²) in [6, 6.07) is 20.5. The molecule has 0 aliphatic heterocycles. The molecule has 0 spiro atoms. The molecule has 40 heavy (non-hydrogen) atoms. The standard InChI is InChI=1S/C30H36ClN3O5S/c1-21(2)32-30(36)27(17-23-9-7-6-8-10-23)33(19-24-13-11-22(3)12-14-24)29(35)20-34(40(5,37)38)26-18-25(31)15-16-28(26)39-4/h6-16,18,21,27H,17,19-20H2,1-5H3,(H,32,36)/t27-/m1/s1. The van der Waals surface area contributed by atoms with Crippen molar-refractivity contribution in [2.75, 3.05) is 24.2 Å². The molecule has 8 nitrogen and oxygen atoms in total. The van der Waals surface area contributed by atoms with Gasteiger partial charge < -0.3 is 15.0 Å². The average molecular weight is 586 g/mol. The number of nitrogens with one attached hydrogen (secondary N) is 1. The fraction of sp³-hybridized carbons (Fsp3) is 0.333. The Bertz CT molecular complexity index is 1410. The first kappa shape index (κ1) is 31.0. The number of hydrogen-bond acceptors (Lipinski definition) is 5. The molecular formula is C30H36ClN3O5S. The fourth-order valence-corrected chi connectivity index (χ4v) is 5.29. The van der Waals surface area contributed by atoms with Gasteiger partial charge in [-0.3, -0.25) is 13.9 Å². The number of ether oxygens (including phenoxy) is 1. The Morgan fingerprint density at radius 2 is 1.62 bits per heavy atom. The van der Waals surface area contributed by atoms with Crippen molar-refractivity contribution in [3.05, 3.63) is 94.5 Å². The van der Waals surface area contributed by atoms with E-state index in [-0.39, 0.29) is 41.4 Å². The van der Waals surface area contributed by atoms with E-state index in [9.17, 15) is 18.0 Å². The molecule has 10 heteroatoms. The highest BCUT2D eigenvalue weighted by Crippen LogP contribution is 2.33. The molecule has 0 radical (unpaired) electrons. The summed E-state index contributed by atoms with van der Waals surface area (Å²) in [5, 5.41) is 3.22. The number of nitrogens with zero attached hydrogens (tertiary/aromatic N) is 2. The Hall–Kier alpha value is -3.56. The van der Waals surface area contributed by atoms with Crippen LogP contribution in [0.25, 0.3) is 0 Å². The quantitative estimate of drug-likeness (QED) is 0.335. The average Bonchev–Trinajstić information content (AvgIpc) is 2.89. The molecule has 1 N–H and O–H groups in total. The van der Waals surface area contributed by atoms with Crippen molar-refractivity contribution < 1.29 is 22.7 Å². The number of anilines is 1. The SMILES string of the molecule is COc1ccc(Cl)cc1N(CC(=O)N(Cc1ccc(C)cc1)[C@H](Cc1ccccc1)C(=O)NC(C)C)S(C)(=O)=O. The van der Waals surface area contributed by atoms with E-state index >= 15 is 0 Å². The van der Waals surface area contributed by atoms with E-state index in [2.05, 4.69) is 5.32 Å². The van der Waals surface area contributed by atoms with Crippen molar-refractivity contribution >= 4 is 39.1 Å². The lowest BCUT2D eigenvalue weighted by Gasteiger charge is -2.34. The van der Waals surface area contributed by atoms with E-state index in [1.807, 2.05) is 75.4 Å². The lowest BCUT2D eigenvalue weighted by Crippen LogP contribution is -2.54. The van der Waals surface area contributed by atoms with Gasteiger partial charge in [-0.15, -0.1) is 0 Å². The lowest BCUT2D eigenvalue weighted by atomic mass is 10.0. The van der Waals surface area contributed by atoms with Crippen LogP contribution in [-0.2, 0) is 32.6 Å².